The average molecular weight is 409 g/mol. The van der Waals surface area contributed by atoms with Gasteiger partial charge in [-0.2, -0.15) is 0 Å². The summed E-state index contributed by atoms with van der Waals surface area (Å²) >= 11 is 0. The molecule has 0 radical (unpaired) electrons. The number of likely N-dealkylation sites (N-methyl/N-ethyl adjacent to an activating group) is 1. The monoisotopic (exact) mass is 408 g/mol. The Morgan fingerprint density at radius 2 is 1.87 bits per heavy atom. The number of fused-ring (bicyclic) bond motifs is 1. The Morgan fingerprint density at radius 3 is 2.60 bits per heavy atom. The van der Waals surface area contributed by atoms with Crippen LogP contribution in [0.5, 0.6) is 0 Å². The van der Waals surface area contributed by atoms with Gasteiger partial charge in [0.1, 0.15) is 0 Å². The summed E-state index contributed by atoms with van der Waals surface area (Å²) in [7, 11) is 5.54. The van der Waals surface area contributed by atoms with E-state index < -0.39 is 5.92 Å². The predicted molar refractivity (Wildman–Crippen MR) is 118 cm³/mol. The highest BCUT2D eigenvalue weighted by Gasteiger charge is 2.33. The van der Waals surface area contributed by atoms with Crippen molar-refractivity contribution in [2.75, 3.05) is 44.9 Å². The summed E-state index contributed by atoms with van der Waals surface area (Å²) in [5, 5.41) is 5.86. The molecule has 2 N–H and O–H groups in total. The van der Waals surface area contributed by atoms with Crippen molar-refractivity contribution in [3.05, 3.63) is 59.2 Å². The van der Waals surface area contributed by atoms with Crippen LogP contribution in [0, 0.1) is 6.92 Å². The number of nitrogens with zero attached hydrogens (tertiary/aromatic N) is 2. The standard InChI is InChI=1S/C23H28N4O3/c1-15-9-10-16(13-20(15)25-21(28)11-12-26(2)3)24-22(29)19-14-27(4)23(30)18-8-6-5-7-17(18)19/h5-10,13,19H,11-12,14H2,1-4H3,(H,24,29)(H,25,28). The summed E-state index contributed by atoms with van der Waals surface area (Å²) in [5.41, 5.74) is 3.49. The molecular formula is C23H28N4O3. The van der Waals surface area contributed by atoms with Gasteiger partial charge < -0.3 is 20.4 Å². The molecule has 0 aromatic heterocycles. The van der Waals surface area contributed by atoms with E-state index in [9.17, 15) is 14.4 Å². The molecule has 0 aliphatic carbocycles. The van der Waals surface area contributed by atoms with Gasteiger partial charge >= 0.3 is 0 Å². The summed E-state index contributed by atoms with van der Waals surface area (Å²) in [6, 6.07) is 12.7. The minimum Gasteiger partial charge on any atom is -0.341 e. The van der Waals surface area contributed by atoms with E-state index in [4.69, 9.17) is 0 Å². The van der Waals surface area contributed by atoms with Crippen LogP contribution in [0.3, 0.4) is 0 Å². The average Bonchev–Trinajstić information content (AvgIpc) is 2.71. The van der Waals surface area contributed by atoms with E-state index in [1.54, 1.807) is 30.1 Å². The lowest BCUT2D eigenvalue weighted by Crippen LogP contribution is -2.41. The Bertz CT molecular complexity index is 971. The van der Waals surface area contributed by atoms with Crippen LogP contribution in [0.25, 0.3) is 0 Å². The molecule has 7 nitrogen and oxygen atoms in total. The van der Waals surface area contributed by atoms with Crippen LogP contribution in [0.4, 0.5) is 11.4 Å². The number of hydrogen-bond acceptors (Lipinski definition) is 4. The van der Waals surface area contributed by atoms with E-state index in [0.717, 1.165) is 11.1 Å². The quantitative estimate of drug-likeness (QED) is 0.770. The van der Waals surface area contributed by atoms with Crippen molar-refractivity contribution >= 4 is 29.1 Å². The van der Waals surface area contributed by atoms with Gasteiger partial charge in [0.2, 0.25) is 11.8 Å². The second-order valence-electron chi connectivity index (χ2n) is 7.95. The lowest BCUT2D eigenvalue weighted by Gasteiger charge is -2.31. The summed E-state index contributed by atoms with van der Waals surface area (Å²) in [5.74, 6) is -0.789. The molecule has 30 heavy (non-hydrogen) atoms. The lowest BCUT2D eigenvalue weighted by molar-refractivity contribution is -0.118. The third kappa shape index (κ3) is 4.86. The van der Waals surface area contributed by atoms with Crippen LogP contribution >= 0.6 is 0 Å². The van der Waals surface area contributed by atoms with Gasteiger partial charge in [0.05, 0.1) is 5.92 Å². The zero-order valence-corrected chi connectivity index (χ0v) is 17.9. The highest BCUT2D eigenvalue weighted by atomic mass is 16.2. The topological polar surface area (TPSA) is 81.8 Å². The van der Waals surface area contributed by atoms with Gasteiger partial charge in [-0.25, -0.2) is 0 Å². The van der Waals surface area contributed by atoms with Gasteiger partial charge in [-0.15, -0.1) is 0 Å². The molecule has 0 fully saturated rings. The molecule has 0 bridgehead atoms. The highest BCUT2D eigenvalue weighted by molar-refractivity contribution is 6.04. The number of aryl methyl sites for hydroxylation is 1. The van der Waals surface area contributed by atoms with Crippen molar-refractivity contribution in [2.45, 2.75) is 19.3 Å². The maximum atomic E-state index is 13.0. The molecule has 1 aliphatic heterocycles. The zero-order chi connectivity index (χ0) is 21.8. The number of rotatable bonds is 6. The Morgan fingerprint density at radius 1 is 1.13 bits per heavy atom. The smallest absolute Gasteiger partial charge is 0.253 e. The molecule has 0 spiro atoms. The first-order chi connectivity index (χ1) is 14.3. The maximum Gasteiger partial charge on any atom is 0.253 e. The SMILES string of the molecule is Cc1ccc(NC(=O)C2CN(C)C(=O)c3ccccc32)cc1NC(=O)CCN(C)C. The van der Waals surface area contributed by atoms with Crippen molar-refractivity contribution in [3.63, 3.8) is 0 Å². The van der Waals surface area contributed by atoms with E-state index in [2.05, 4.69) is 10.6 Å². The Kier molecular flexibility index (Phi) is 6.52. The fourth-order valence-electron chi connectivity index (χ4n) is 3.48. The number of amides is 3. The maximum absolute atomic E-state index is 13.0. The molecule has 1 unspecified atom stereocenters. The molecule has 1 aliphatic rings. The van der Waals surface area contributed by atoms with E-state index in [-0.39, 0.29) is 17.7 Å². The first-order valence-electron chi connectivity index (χ1n) is 9.96. The number of carbonyl (C=O) groups excluding carboxylic acids is 3. The van der Waals surface area contributed by atoms with Crippen LogP contribution < -0.4 is 10.6 Å². The van der Waals surface area contributed by atoms with Crippen molar-refractivity contribution in [1.82, 2.24) is 9.80 Å². The predicted octanol–water partition coefficient (Wildman–Crippen LogP) is 2.69. The number of nitrogens with one attached hydrogen (secondary N) is 2. The molecule has 158 valence electrons. The summed E-state index contributed by atoms with van der Waals surface area (Å²) < 4.78 is 0. The van der Waals surface area contributed by atoms with Gasteiger partial charge in [0.25, 0.3) is 5.91 Å². The first-order valence-corrected chi connectivity index (χ1v) is 9.96. The van der Waals surface area contributed by atoms with Gasteiger partial charge in [0, 0.05) is 43.5 Å². The van der Waals surface area contributed by atoms with Crippen molar-refractivity contribution < 1.29 is 14.4 Å². The Labute approximate surface area is 177 Å². The van der Waals surface area contributed by atoms with Gasteiger partial charge in [-0.1, -0.05) is 24.3 Å². The van der Waals surface area contributed by atoms with Crippen LogP contribution in [-0.2, 0) is 9.59 Å². The third-order valence-electron chi connectivity index (χ3n) is 5.25. The molecule has 0 saturated carbocycles. The molecular weight excluding hydrogens is 380 g/mol. The number of hydrogen-bond donors (Lipinski definition) is 2. The highest BCUT2D eigenvalue weighted by Crippen LogP contribution is 2.29. The second kappa shape index (κ2) is 9.09. The summed E-state index contributed by atoms with van der Waals surface area (Å²) in [6.45, 7) is 2.89. The first kappa shape index (κ1) is 21.5. The lowest BCUT2D eigenvalue weighted by atomic mass is 9.89. The largest absolute Gasteiger partial charge is 0.341 e. The van der Waals surface area contributed by atoms with Crippen LogP contribution in [0.2, 0.25) is 0 Å². The molecule has 3 amide bonds. The Hall–Kier alpha value is -3.19. The molecule has 2 aromatic rings. The van der Waals surface area contributed by atoms with Gasteiger partial charge in [-0.3, -0.25) is 14.4 Å². The Balaban J connectivity index is 1.75. The summed E-state index contributed by atoms with van der Waals surface area (Å²) in [6.07, 6.45) is 0.391. The van der Waals surface area contributed by atoms with Crippen LogP contribution in [0.1, 0.15) is 33.8 Å². The normalized spacial score (nSPS) is 15.7. The third-order valence-corrected chi connectivity index (χ3v) is 5.25. The molecule has 1 heterocycles. The molecule has 0 saturated heterocycles. The van der Waals surface area contributed by atoms with Crippen LogP contribution in [0.15, 0.2) is 42.5 Å². The van der Waals surface area contributed by atoms with Gasteiger partial charge in [0.15, 0.2) is 0 Å². The van der Waals surface area contributed by atoms with E-state index in [1.807, 2.05) is 50.2 Å². The number of benzene rings is 2. The van der Waals surface area contributed by atoms with E-state index in [0.29, 0.717) is 36.4 Å². The molecule has 3 rings (SSSR count). The number of anilines is 2. The fraction of sp³-hybridized carbons (Fsp3) is 0.348. The van der Waals surface area contributed by atoms with E-state index in [1.165, 1.54) is 0 Å². The van der Waals surface area contributed by atoms with Crippen LogP contribution in [-0.4, -0.2) is 61.8 Å². The zero-order valence-electron chi connectivity index (χ0n) is 17.9. The van der Waals surface area contributed by atoms with E-state index >= 15 is 0 Å². The minimum atomic E-state index is -0.455. The molecule has 1 atom stereocenters. The molecule has 2 aromatic carbocycles. The second-order valence-corrected chi connectivity index (χ2v) is 7.95. The van der Waals surface area contributed by atoms with Gasteiger partial charge in [-0.05, 0) is 50.3 Å². The minimum absolute atomic E-state index is 0.0726. The molecule has 7 heteroatoms. The van der Waals surface area contributed by atoms with Crippen molar-refractivity contribution in [2.24, 2.45) is 0 Å². The van der Waals surface area contributed by atoms with Crippen molar-refractivity contribution in [1.29, 1.82) is 0 Å². The summed E-state index contributed by atoms with van der Waals surface area (Å²) in [4.78, 5) is 41.1. The van der Waals surface area contributed by atoms with Crippen molar-refractivity contribution in [3.8, 4) is 0 Å². The number of carbonyl (C=O) groups is 3. The fourth-order valence-corrected chi connectivity index (χ4v) is 3.48.